The molecule has 1 aliphatic rings. The zero-order chi connectivity index (χ0) is 18.2. The first-order valence-corrected chi connectivity index (χ1v) is 9.83. The third-order valence-corrected chi connectivity index (χ3v) is 4.97. The van der Waals surface area contributed by atoms with Crippen LogP contribution in [0.2, 0.25) is 0 Å². The number of carbonyl (C=O) groups excluding carboxylic acids is 1. The van der Waals surface area contributed by atoms with Gasteiger partial charge < -0.3 is 14.2 Å². The molecular formula is C21H23BrO4. The monoisotopic (exact) mass is 418 g/mol. The minimum absolute atomic E-state index is 0.0566. The van der Waals surface area contributed by atoms with Crippen molar-refractivity contribution in [3.05, 3.63) is 58.6 Å². The smallest absolute Gasteiger partial charge is 0.338 e. The molecule has 0 aliphatic heterocycles. The van der Waals surface area contributed by atoms with Gasteiger partial charge in [-0.15, -0.1) is 0 Å². The van der Waals surface area contributed by atoms with Crippen LogP contribution in [0.4, 0.5) is 0 Å². The van der Waals surface area contributed by atoms with E-state index < -0.39 is 0 Å². The molecular weight excluding hydrogens is 396 g/mol. The maximum absolute atomic E-state index is 12.3. The number of ether oxygens (including phenoxy) is 3. The average molecular weight is 419 g/mol. The van der Waals surface area contributed by atoms with Gasteiger partial charge in [0.1, 0.15) is 30.8 Å². The average Bonchev–Trinajstić information content (AvgIpc) is 2.68. The Bertz CT molecular complexity index is 711. The van der Waals surface area contributed by atoms with Gasteiger partial charge in [-0.05, 0) is 71.9 Å². The Kier molecular flexibility index (Phi) is 6.95. The Labute approximate surface area is 162 Å². The van der Waals surface area contributed by atoms with Gasteiger partial charge in [-0.25, -0.2) is 4.79 Å². The van der Waals surface area contributed by atoms with E-state index in [4.69, 9.17) is 14.2 Å². The standard InChI is InChI=1S/C21H23BrO4/c22-19-15-16(21(23)26-18-9-5-2-6-10-18)11-12-20(19)25-14-13-24-17-7-3-1-4-8-17/h1,3-4,7-8,11-12,15,18H,2,5-6,9-10,13-14H2. The van der Waals surface area contributed by atoms with E-state index in [1.807, 2.05) is 30.3 Å². The van der Waals surface area contributed by atoms with Crippen LogP contribution < -0.4 is 9.47 Å². The quantitative estimate of drug-likeness (QED) is 0.446. The Morgan fingerprint density at radius 3 is 2.42 bits per heavy atom. The van der Waals surface area contributed by atoms with E-state index >= 15 is 0 Å². The van der Waals surface area contributed by atoms with Crippen LogP contribution in [0.1, 0.15) is 42.5 Å². The lowest BCUT2D eigenvalue weighted by molar-refractivity contribution is 0.0211. The van der Waals surface area contributed by atoms with Crippen molar-refractivity contribution in [2.24, 2.45) is 0 Å². The molecule has 0 spiro atoms. The van der Waals surface area contributed by atoms with Crippen molar-refractivity contribution in [2.45, 2.75) is 38.2 Å². The second kappa shape index (κ2) is 9.62. The van der Waals surface area contributed by atoms with E-state index in [0.717, 1.165) is 35.9 Å². The van der Waals surface area contributed by atoms with Gasteiger partial charge in [0, 0.05) is 0 Å². The van der Waals surface area contributed by atoms with Crippen molar-refractivity contribution in [3.8, 4) is 11.5 Å². The van der Waals surface area contributed by atoms with Gasteiger partial charge in [0.05, 0.1) is 10.0 Å². The predicted octanol–water partition coefficient (Wildman–Crippen LogP) is 5.40. The molecule has 1 fully saturated rings. The molecule has 2 aromatic rings. The van der Waals surface area contributed by atoms with E-state index in [9.17, 15) is 4.79 Å². The molecule has 0 atom stereocenters. The highest BCUT2D eigenvalue weighted by molar-refractivity contribution is 9.10. The van der Waals surface area contributed by atoms with Gasteiger partial charge in [0.25, 0.3) is 0 Å². The van der Waals surface area contributed by atoms with Crippen LogP contribution in [0.5, 0.6) is 11.5 Å². The summed E-state index contributed by atoms with van der Waals surface area (Å²) in [6, 6.07) is 14.9. The summed E-state index contributed by atoms with van der Waals surface area (Å²) in [7, 11) is 0. The molecule has 0 radical (unpaired) electrons. The zero-order valence-electron chi connectivity index (χ0n) is 14.7. The number of halogens is 1. The van der Waals surface area contributed by atoms with E-state index in [0.29, 0.717) is 24.5 Å². The summed E-state index contributed by atoms with van der Waals surface area (Å²) in [5, 5.41) is 0. The molecule has 0 saturated heterocycles. The van der Waals surface area contributed by atoms with E-state index in [1.165, 1.54) is 6.42 Å². The molecule has 26 heavy (non-hydrogen) atoms. The van der Waals surface area contributed by atoms with Crippen molar-refractivity contribution < 1.29 is 19.0 Å². The van der Waals surface area contributed by atoms with Crippen molar-refractivity contribution in [1.29, 1.82) is 0 Å². The number of hydrogen-bond donors (Lipinski definition) is 0. The largest absolute Gasteiger partial charge is 0.490 e. The van der Waals surface area contributed by atoms with Crippen molar-refractivity contribution >= 4 is 21.9 Å². The summed E-state index contributed by atoms with van der Waals surface area (Å²) in [4.78, 5) is 12.3. The molecule has 5 heteroatoms. The highest BCUT2D eigenvalue weighted by atomic mass is 79.9. The lowest BCUT2D eigenvalue weighted by atomic mass is 9.98. The van der Waals surface area contributed by atoms with Crippen LogP contribution in [0.3, 0.4) is 0 Å². The van der Waals surface area contributed by atoms with Gasteiger partial charge in [0.15, 0.2) is 0 Å². The van der Waals surface area contributed by atoms with Crippen molar-refractivity contribution in [1.82, 2.24) is 0 Å². The minimum atomic E-state index is -0.267. The minimum Gasteiger partial charge on any atom is -0.490 e. The fourth-order valence-electron chi connectivity index (χ4n) is 2.98. The van der Waals surface area contributed by atoms with Gasteiger partial charge in [-0.3, -0.25) is 0 Å². The van der Waals surface area contributed by atoms with Crippen molar-refractivity contribution in [3.63, 3.8) is 0 Å². The van der Waals surface area contributed by atoms with Crippen LogP contribution in [0.15, 0.2) is 53.0 Å². The molecule has 0 bridgehead atoms. The second-order valence-electron chi connectivity index (χ2n) is 6.32. The van der Waals surface area contributed by atoms with Gasteiger partial charge >= 0.3 is 5.97 Å². The Morgan fingerprint density at radius 1 is 0.962 bits per heavy atom. The molecule has 2 aromatic carbocycles. The van der Waals surface area contributed by atoms with E-state index in [-0.39, 0.29) is 12.1 Å². The third-order valence-electron chi connectivity index (χ3n) is 4.35. The number of esters is 1. The molecule has 0 aromatic heterocycles. The first-order valence-electron chi connectivity index (χ1n) is 9.03. The number of carbonyl (C=O) groups is 1. The van der Waals surface area contributed by atoms with Gasteiger partial charge in [-0.2, -0.15) is 0 Å². The molecule has 3 rings (SSSR count). The summed E-state index contributed by atoms with van der Waals surface area (Å²) >= 11 is 3.46. The molecule has 1 aliphatic carbocycles. The van der Waals surface area contributed by atoms with Crippen molar-refractivity contribution in [2.75, 3.05) is 13.2 Å². The van der Waals surface area contributed by atoms with Crippen LogP contribution >= 0.6 is 15.9 Å². The molecule has 1 saturated carbocycles. The zero-order valence-corrected chi connectivity index (χ0v) is 16.2. The lowest BCUT2D eigenvalue weighted by Gasteiger charge is -2.21. The van der Waals surface area contributed by atoms with E-state index in [2.05, 4.69) is 15.9 Å². The maximum Gasteiger partial charge on any atom is 0.338 e. The third kappa shape index (κ3) is 5.49. The summed E-state index contributed by atoms with van der Waals surface area (Å²) in [6.45, 7) is 0.862. The molecule has 0 amide bonds. The predicted molar refractivity (Wildman–Crippen MR) is 104 cm³/mol. The highest BCUT2D eigenvalue weighted by Gasteiger charge is 2.19. The molecule has 4 nitrogen and oxygen atoms in total. The Hall–Kier alpha value is -2.01. The van der Waals surface area contributed by atoms with Crippen LogP contribution in [-0.2, 0) is 4.74 Å². The number of rotatable bonds is 7. The first-order chi connectivity index (χ1) is 12.7. The fourth-order valence-corrected chi connectivity index (χ4v) is 3.47. The topological polar surface area (TPSA) is 44.8 Å². The Morgan fingerprint density at radius 2 is 1.69 bits per heavy atom. The molecule has 0 N–H and O–H groups in total. The Balaban J connectivity index is 1.48. The van der Waals surface area contributed by atoms with Gasteiger partial charge in [-0.1, -0.05) is 24.6 Å². The van der Waals surface area contributed by atoms with Crippen LogP contribution in [-0.4, -0.2) is 25.3 Å². The second-order valence-corrected chi connectivity index (χ2v) is 7.17. The first kappa shape index (κ1) is 18.8. The molecule has 0 heterocycles. The highest BCUT2D eigenvalue weighted by Crippen LogP contribution is 2.27. The van der Waals surface area contributed by atoms with Crippen LogP contribution in [0, 0.1) is 0 Å². The number of benzene rings is 2. The number of para-hydroxylation sites is 1. The van der Waals surface area contributed by atoms with Crippen LogP contribution in [0.25, 0.3) is 0 Å². The maximum atomic E-state index is 12.3. The molecule has 0 unspecified atom stereocenters. The molecule has 138 valence electrons. The van der Waals surface area contributed by atoms with Gasteiger partial charge in [0.2, 0.25) is 0 Å². The summed E-state index contributed by atoms with van der Waals surface area (Å²) in [6.07, 6.45) is 5.50. The fraction of sp³-hybridized carbons (Fsp3) is 0.381. The van der Waals surface area contributed by atoms with E-state index in [1.54, 1.807) is 18.2 Å². The summed E-state index contributed by atoms with van der Waals surface area (Å²) in [5.41, 5.74) is 0.537. The SMILES string of the molecule is O=C(OC1CCCCC1)c1ccc(OCCOc2ccccc2)c(Br)c1. The summed E-state index contributed by atoms with van der Waals surface area (Å²) in [5.74, 6) is 1.23. The summed E-state index contributed by atoms with van der Waals surface area (Å²) < 4.78 is 17.6. The lowest BCUT2D eigenvalue weighted by Crippen LogP contribution is -2.20. The number of hydrogen-bond acceptors (Lipinski definition) is 4. The normalized spacial score (nSPS) is 14.7.